The molecule has 0 aliphatic heterocycles. The molecule has 0 aliphatic carbocycles. The van der Waals surface area contributed by atoms with E-state index in [-0.39, 0.29) is 128 Å². The Bertz CT molecular complexity index is 34.5. The summed E-state index contributed by atoms with van der Waals surface area (Å²) in [6.07, 6.45) is 0. The maximum absolute atomic E-state index is 4.34. The van der Waals surface area contributed by atoms with Crippen molar-refractivity contribution in [1.82, 2.24) is 0 Å². The van der Waals surface area contributed by atoms with Gasteiger partial charge in [0.15, 0.2) is 0 Å². The van der Waals surface area contributed by atoms with E-state index in [0.29, 0.717) is 0 Å². The molecule has 30 valence electrons. The van der Waals surface area contributed by atoms with Gasteiger partial charge >= 0.3 is 34.6 Å². The summed E-state index contributed by atoms with van der Waals surface area (Å²) in [6, 6.07) is 0. The predicted molar refractivity (Wildman–Crippen MR) is 35.6 cm³/mol. The Labute approximate surface area is 143 Å². The van der Waals surface area contributed by atoms with Crippen LogP contribution in [0.15, 0.2) is 0 Å². The third-order valence-electron chi connectivity index (χ3n) is 0. The van der Waals surface area contributed by atoms with Crippen LogP contribution in [0.25, 0.3) is 0 Å². The first kappa shape index (κ1) is 22.4. The third-order valence-corrected chi connectivity index (χ3v) is 0. The molecule has 0 fully saturated rings. The number of halogens is 1. The molecule has 6 heavy (non-hydrogen) atoms. The van der Waals surface area contributed by atoms with Crippen LogP contribution in [0.5, 0.6) is 0 Å². The van der Waals surface area contributed by atoms with Crippen molar-refractivity contribution in [3.63, 3.8) is 0 Å². The predicted octanol–water partition coefficient (Wildman–Crippen LogP) is 1.38. The molecular weight excluding hydrogens is 580 g/mol. The number of hydrogen-bond acceptors (Lipinski definition) is 2. The van der Waals surface area contributed by atoms with Crippen molar-refractivity contribution in [2.75, 3.05) is 0 Å². The molecule has 0 heterocycles. The van der Waals surface area contributed by atoms with Crippen molar-refractivity contribution < 1.29 is 14.9 Å². The SMILES string of the molecule is [Br].[Cs].[Pb].[S]=[Mo]=[S]. The summed E-state index contributed by atoms with van der Waals surface area (Å²) in [5.41, 5.74) is 0. The molecule has 0 saturated carbocycles. The Kier molecular flexibility index (Phi) is 84.7. The third kappa shape index (κ3) is 23.5. The van der Waals surface area contributed by atoms with Gasteiger partial charge in [-0.3, -0.25) is 0 Å². The molecule has 0 atom stereocenters. The van der Waals surface area contributed by atoms with Crippen molar-refractivity contribution in [3.05, 3.63) is 0 Å². The van der Waals surface area contributed by atoms with Crippen LogP contribution >= 0.6 is 36.6 Å². The van der Waals surface area contributed by atoms with Crippen LogP contribution in [0.3, 0.4) is 0 Å². The van der Waals surface area contributed by atoms with Crippen molar-refractivity contribution in [2.24, 2.45) is 0 Å². The summed E-state index contributed by atoms with van der Waals surface area (Å²) in [4.78, 5) is 0. The molecule has 0 aliphatic rings. The van der Waals surface area contributed by atoms with Gasteiger partial charge in [0.25, 0.3) is 0 Å². The molecule has 0 rings (SSSR count). The second kappa shape index (κ2) is 22.6. The van der Waals surface area contributed by atoms with E-state index in [9.17, 15) is 0 Å². The summed E-state index contributed by atoms with van der Waals surface area (Å²) in [5.74, 6) is 0. The summed E-state index contributed by atoms with van der Waals surface area (Å²) in [6.45, 7) is 0. The zero-order valence-corrected chi connectivity index (χ0v) is 18.5. The molecule has 0 amide bonds. The average Bonchev–Trinajstić information content (AvgIpc) is 0.918. The number of rotatable bonds is 0. The van der Waals surface area contributed by atoms with Crippen molar-refractivity contribution >= 4 is 133 Å². The van der Waals surface area contributed by atoms with Gasteiger partial charge in [0, 0.05) is 113 Å². The molecule has 0 bridgehead atoms. The van der Waals surface area contributed by atoms with Crippen LogP contribution < -0.4 is 0 Å². The van der Waals surface area contributed by atoms with E-state index < -0.39 is 0 Å². The average molecular weight is 580 g/mol. The molecular formula is BrCsMoPbS2. The normalized spacial score (nSPS) is 2.00. The van der Waals surface area contributed by atoms with Crippen molar-refractivity contribution in [1.29, 1.82) is 0 Å². The van der Waals surface area contributed by atoms with Gasteiger partial charge in [-0.1, -0.05) is 0 Å². The van der Waals surface area contributed by atoms with Crippen molar-refractivity contribution in [2.45, 2.75) is 0 Å². The monoisotopic (exact) mass is 582 g/mol. The van der Waals surface area contributed by atoms with Gasteiger partial charge in [-0.05, 0) is 0 Å². The maximum atomic E-state index is 4.34. The quantitative estimate of drug-likeness (QED) is 0.398. The van der Waals surface area contributed by atoms with Crippen LogP contribution in [0.2, 0.25) is 0 Å². The van der Waals surface area contributed by atoms with Gasteiger partial charge in [-0.25, -0.2) is 0 Å². The molecule has 6 radical (unpaired) electrons. The first-order valence-corrected chi connectivity index (χ1v) is 5.92. The van der Waals surface area contributed by atoms with E-state index >= 15 is 0 Å². The van der Waals surface area contributed by atoms with Crippen molar-refractivity contribution in [3.8, 4) is 0 Å². The van der Waals surface area contributed by atoms with Crippen LogP contribution in [0.1, 0.15) is 0 Å². The molecule has 0 unspecified atom stereocenters. The van der Waals surface area contributed by atoms with Crippen LogP contribution in [-0.2, 0) is 14.9 Å². The zero-order valence-electron chi connectivity index (χ0n) is 3.10. The second-order valence-electron chi connectivity index (χ2n) is 0.0680. The van der Waals surface area contributed by atoms with Gasteiger partial charge in [-0.2, -0.15) is 0 Å². The number of hydrogen-bond donors (Lipinski definition) is 0. The summed E-state index contributed by atoms with van der Waals surface area (Å²) >= 11 is -0.363. The summed E-state index contributed by atoms with van der Waals surface area (Å²) < 4.78 is 0. The molecule has 0 aromatic carbocycles. The Morgan fingerprint density at radius 2 is 1.17 bits per heavy atom. The molecule has 0 spiro atoms. The molecule has 0 aromatic rings. The van der Waals surface area contributed by atoms with Gasteiger partial charge in [0.1, 0.15) is 0 Å². The molecule has 0 nitrogen and oxygen atoms in total. The molecule has 0 aromatic heterocycles. The Balaban J connectivity index is -0.00000000667. The molecule has 0 saturated heterocycles. The zero-order chi connectivity index (χ0) is 2.71. The van der Waals surface area contributed by atoms with Gasteiger partial charge in [-0.15, -0.1) is 0 Å². The summed E-state index contributed by atoms with van der Waals surface area (Å²) in [5, 5.41) is 0. The van der Waals surface area contributed by atoms with E-state index in [0.717, 1.165) is 0 Å². The molecule has 0 N–H and O–H groups in total. The van der Waals surface area contributed by atoms with E-state index in [1.807, 2.05) is 0 Å². The van der Waals surface area contributed by atoms with E-state index in [4.69, 9.17) is 0 Å². The van der Waals surface area contributed by atoms with E-state index in [2.05, 4.69) is 19.6 Å². The van der Waals surface area contributed by atoms with Gasteiger partial charge in [0.2, 0.25) is 0 Å². The standard InChI is InChI=1S/Br.Cs.Mo.Pb.2S. The summed E-state index contributed by atoms with van der Waals surface area (Å²) in [7, 11) is 8.68. The minimum absolute atomic E-state index is 0. The fourth-order valence-electron chi connectivity index (χ4n) is 0. The second-order valence-corrected chi connectivity index (χ2v) is 3.62. The van der Waals surface area contributed by atoms with Crippen LogP contribution in [-0.4, -0.2) is 96.2 Å². The fraction of sp³-hybridized carbons (Fsp3) is 0. The van der Waals surface area contributed by atoms with Crippen LogP contribution in [0.4, 0.5) is 0 Å². The van der Waals surface area contributed by atoms with E-state index in [1.54, 1.807) is 0 Å². The van der Waals surface area contributed by atoms with Gasteiger partial charge in [0.05, 0.1) is 0 Å². The minimum atomic E-state index is -0.363. The topological polar surface area (TPSA) is 0 Å². The van der Waals surface area contributed by atoms with Crippen LogP contribution in [0, 0.1) is 0 Å². The Morgan fingerprint density at radius 1 is 1.17 bits per heavy atom. The fourth-order valence-corrected chi connectivity index (χ4v) is 0. The van der Waals surface area contributed by atoms with E-state index in [1.165, 1.54) is 0 Å². The first-order valence-electron chi connectivity index (χ1n) is 0.333. The Morgan fingerprint density at radius 3 is 1.17 bits per heavy atom. The molecule has 6 heteroatoms. The Hall–Kier alpha value is 4.58. The first-order chi connectivity index (χ1) is 1.41. The van der Waals surface area contributed by atoms with Gasteiger partial charge < -0.3 is 0 Å².